The van der Waals surface area contributed by atoms with E-state index in [0.29, 0.717) is 36.7 Å². The number of hydrogen-bond acceptors (Lipinski definition) is 6. The molecule has 0 radical (unpaired) electrons. The van der Waals surface area contributed by atoms with Crippen molar-refractivity contribution in [1.29, 1.82) is 0 Å². The van der Waals surface area contributed by atoms with Gasteiger partial charge in [0.1, 0.15) is 18.8 Å². The van der Waals surface area contributed by atoms with Gasteiger partial charge >= 0.3 is 11.9 Å². The van der Waals surface area contributed by atoms with Crippen molar-refractivity contribution >= 4 is 11.9 Å². The van der Waals surface area contributed by atoms with Crippen molar-refractivity contribution in [3.8, 4) is 0 Å². The van der Waals surface area contributed by atoms with E-state index in [0.717, 1.165) is 63.4 Å². The summed E-state index contributed by atoms with van der Waals surface area (Å²) in [6.45, 7) is 9.26. The van der Waals surface area contributed by atoms with E-state index in [9.17, 15) is 14.7 Å². The fraction of sp³-hybridized carbons (Fsp3) is 0.862. The highest BCUT2D eigenvalue weighted by molar-refractivity contribution is 5.85. The third-order valence-corrected chi connectivity index (χ3v) is 11.2. The number of aliphatic hydroxyl groups is 1. The first-order valence-electron chi connectivity index (χ1n) is 14.0. The van der Waals surface area contributed by atoms with Gasteiger partial charge in [-0.25, -0.2) is 4.79 Å². The number of cyclic esters (lactones) is 1. The van der Waals surface area contributed by atoms with Crippen LogP contribution in [0, 0.1) is 40.4 Å². The zero-order valence-electron chi connectivity index (χ0n) is 22.1. The van der Waals surface area contributed by atoms with Crippen LogP contribution in [0.1, 0.15) is 91.9 Å². The Labute approximate surface area is 210 Å². The Morgan fingerprint density at radius 2 is 1.91 bits per heavy atom. The van der Waals surface area contributed by atoms with E-state index < -0.39 is 11.6 Å². The molecule has 5 rings (SSSR count). The van der Waals surface area contributed by atoms with Crippen LogP contribution in [-0.4, -0.2) is 41.4 Å². The Kier molecular flexibility index (Phi) is 6.40. The lowest BCUT2D eigenvalue weighted by Crippen LogP contribution is -2.62. The van der Waals surface area contributed by atoms with Gasteiger partial charge in [0.2, 0.25) is 0 Å². The maximum Gasteiger partial charge on any atom is 0.331 e. The van der Waals surface area contributed by atoms with Crippen LogP contribution >= 0.6 is 0 Å². The average molecular weight is 488 g/mol. The number of carbonyl (C=O) groups excluding carboxylic acids is 2. The minimum absolute atomic E-state index is 0.0324. The van der Waals surface area contributed by atoms with Gasteiger partial charge in [-0.3, -0.25) is 4.79 Å². The Morgan fingerprint density at radius 1 is 1.14 bits per heavy atom. The van der Waals surface area contributed by atoms with Crippen molar-refractivity contribution in [2.24, 2.45) is 46.2 Å². The number of carbonyl (C=O) groups is 2. The monoisotopic (exact) mass is 487 g/mol. The minimum atomic E-state index is -0.687. The molecule has 5 aliphatic rings. The maximum absolute atomic E-state index is 12.6. The van der Waals surface area contributed by atoms with Crippen LogP contribution in [0.15, 0.2) is 11.6 Å². The Balaban J connectivity index is 1.29. The zero-order valence-corrected chi connectivity index (χ0v) is 22.1. The summed E-state index contributed by atoms with van der Waals surface area (Å²) in [5.41, 5.74) is 6.46. The van der Waals surface area contributed by atoms with Crippen molar-refractivity contribution in [1.82, 2.24) is 0 Å². The van der Waals surface area contributed by atoms with E-state index in [-0.39, 0.29) is 34.8 Å². The largest absolute Gasteiger partial charge is 0.461 e. The van der Waals surface area contributed by atoms with Gasteiger partial charge in [-0.05, 0) is 105 Å². The van der Waals surface area contributed by atoms with Gasteiger partial charge in [0, 0.05) is 11.5 Å². The highest BCUT2D eigenvalue weighted by Crippen LogP contribution is 2.70. The first-order valence-corrected chi connectivity index (χ1v) is 14.0. The summed E-state index contributed by atoms with van der Waals surface area (Å²) in [7, 11) is 0. The predicted molar refractivity (Wildman–Crippen MR) is 133 cm³/mol. The molecule has 1 aliphatic heterocycles. The van der Waals surface area contributed by atoms with Crippen LogP contribution in [0.4, 0.5) is 0 Å². The molecule has 0 saturated heterocycles. The molecule has 0 unspecified atom stereocenters. The third kappa shape index (κ3) is 3.98. The smallest absolute Gasteiger partial charge is 0.331 e. The summed E-state index contributed by atoms with van der Waals surface area (Å²) in [5.74, 6) is 1.44. The lowest BCUT2D eigenvalue weighted by atomic mass is 9.43. The van der Waals surface area contributed by atoms with Gasteiger partial charge in [0.25, 0.3) is 0 Å². The van der Waals surface area contributed by atoms with E-state index in [4.69, 9.17) is 15.2 Å². The quantitative estimate of drug-likeness (QED) is 0.553. The summed E-state index contributed by atoms with van der Waals surface area (Å²) < 4.78 is 11.2. The first-order chi connectivity index (χ1) is 16.5. The van der Waals surface area contributed by atoms with E-state index in [1.54, 1.807) is 6.08 Å². The molecule has 0 aromatic carbocycles. The molecular weight excluding hydrogens is 442 g/mol. The lowest BCUT2D eigenvalue weighted by Gasteiger charge is -2.63. The second-order valence-corrected chi connectivity index (χ2v) is 13.4. The molecule has 196 valence electrons. The first kappa shape index (κ1) is 25.3. The normalized spacial score (nSPS) is 45.7. The van der Waals surface area contributed by atoms with Gasteiger partial charge in [-0.2, -0.15) is 0 Å². The van der Waals surface area contributed by atoms with Gasteiger partial charge in [-0.15, -0.1) is 0 Å². The maximum atomic E-state index is 12.6. The van der Waals surface area contributed by atoms with Gasteiger partial charge in [-0.1, -0.05) is 27.7 Å². The Hall–Kier alpha value is -1.40. The molecular formula is C29H45NO5. The number of nitrogens with two attached hydrogens (primary N) is 1. The number of fused-ring (bicyclic) bond motifs is 5. The van der Waals surface area contributed by atoms with E-state index in [1.807, 2.05) is 0 Å². The number of hydrogen-bond donors (Lipinski definition) is 2. The minimum Gasteiger partial charge on any atom is -0.461 e. The van der Waals surface area contributed by atoms with Crippen LogP contribution in [0.5, 0.6) is 0 Å². The van der Waals surface area contributed by atoms with Crippen molar-refractivity contribution < 1.29 is 24.2 Å². The molecule has 4 saturated carbocycles. The molecule has 3 N–H and O–H groups in total. The number of esters is 2. The average Bonchev–Trinajstić information content (AvgIpc) is 3.33. The summed E-state index contributed by atoms with van der Waals surface area (Å²) in [5, 5.41) is 12.3. The lowest BCUT2D eigenvalue weighted by molar-refractivity contribution is -0.210. The number of rotatable bonds is 5. The third-order valence-electron chi connectivity index (χ3n) is 11.2. The van der Waals surface area contributed by atoms with Crippen LogP contribution < -0.4 is 5.73 Å². The molecule has 0 bridgehead atoms. The fourth-order valence-electron chi connectivity index (χ4n) is 9.33. The molecule has 0 aromatic heterocycles. The molecule has 1 heterocycles. The molecule has 0 aromatic rings. The summed E-state index contributed by atoms with van der Waals surface area (Å²) in [6, 6.07) is -0.532. The van der Waals surface area contributed by atoms with Crippen LogP contribution in [0.2, 0.25) is 0 Å². The molecule has 0 spiro atoms. The predicted octanol–water partition coefficient (Wildman–Crippen LogP) is 4.53. The highest BCUT2D eigenvalue weighted by atomic mass is 16.5. The summed E-state index contributed by atoms with van der Waals surface area (Å²) >= 11 is 0. The molecule has 9 atom stereocenters. The van der Waals surface area contributed by atoms with Crippen LogP contribution in [0.3, 0.4) is 0 Å². The molecule has 4 aliphatic carbocycles. The Morgan fingerprint density at radius 3 is 2.60 bits per heavy atom. The van der Waals surface area contributed by atoms with E-state index in [1.165, 1.54) is 0 Å². The van der Waals surface area contributed by atoms with E-state index >= 15 is 0 Å². The Bertz CT molecular complexity index is 900. The second-order valence-electron chi connectivity index (χ2n) is 13.4. The zero-order chi connectivity index (χ0) is 25.2. The van der Waals surface area contributed by atoms with Crippen molar-refractivity contribution in [2.75, 3.05) is 6.61 Å². The van der Waals surface area contributed by atoms with Gasteiger partial charge in [0.15, 0.2) is 0 Å². The molecule has 35 heavy (non-hydrogen) atoms. The van der Waals surface area contributed by atoms with Crippen molar-refractivity contribution in [2.45, 2.75) is 110 Å². The van der Waals surface area contributed by atoms with Crippen molar-refractivity contribution in [3.05, 3.63) is 11.6 Å². The second kappa shape index (κ2) is 8.86. The standard InChI is InChI=1S/C29H45NO5/c1-17(2)13-24(30)26(32)35-20-7-10-27(3)19(15-20)5-6-23-22(27)8-11-28(4)21(9-12-29(23,28)33)18-14-25(31)34-16-18/h14,17,19-24,33H,5-13,15-16,30H2,1-4H3/t19-,20+,21-,22+,23-,24+,27+,28-,29+/m1/s1. The van der Waals surface area contributed by atoms with E-state index in [2.05, 4.69) is 27.7 Å². The molecule has 6 nitrogen and oxygen atoms in total. The topological polar surface area (TPSA) is 98.9 Å². The SMILES string of the molecule is CC(C)C[C@H](N)C(=O)O[C@H]1CC[C@@]2(C)[C@H](CC[C@@H]3[C@@H]2CC[C@]2(C)[C@@H](C4=CC(=O)OC4)CC[C@]32O)C1. The van der Waals surface area contributed by atoms with Crippen LogP contribution in [-0.2, 0) is 19.1 Å². The van der Waals surface area contributed by atoms with Gasteiger partial charge < -0.3 is 20.3 Å². The van der Waals surface area contributed by atoms with Crippen molar-refractivity contribution in [3.63, 3.8) is 0 Å². The fourth-order valence-corrected chi connectivity index (χ4v) is 9.33. The molecule has 6 heteroatoms. The summed E-state index contributed by atoms with van der Waals surface area (Å²) in [6.07, 6.45) is 11.1. The highest BCUT2D eigenvalue weighted by Gasteiger charge is 2.67. The number of ether oxygens (including phenoxy) is 2. The van der Waals surface area contributed by atoms with Crippen LogP contribution in [0.25, 0.3) is 0 Å². The molecule has 4 fully saturated rings. The van der Waals surface area contributed by atoms with Gasteiger partial charge in [0.05, 0.1) is 5.60 Å². The molecule has 0 amide bonds. The summed E-state index contributed by atoms with van der Waals surface area (Å²) in [4.78, 5) is 24.3.